The molecule has 0 aromatic heterocycles. The molecule has 1 aromatic rings. The van der Waals surface area contributed by atoms with Gasteiger partial charge in [-0.05, 0) is 45.0 Å². The Hall–Kier alpha value is -0.770. The average Bonchev–Trinajstić information content (AvgIpc) is 2.54. The van der Waals surface area contributed by atoms with E-state index in [0.29, 0.717) is 28.2 Å². The highest BCUT2D eigenvalue weighted by Gasteiger charge is 2.17. The maximum absolute atomic E-state index is 12.1. The normalized spacial score (nSPS) is 16.0. The molecule has 1 aromatic carbocycles. The van der Waals surface area contributed by atoms with Crippen molar-refractivity contribution in [2.75, 3.05) is 20.1 Å². The van der Waals surface area contributed by atoms with Crippen LogP contribution in [0.2, 0.25) is 10.0 Å². The molecular formula is C17H24Cl2N2O. The van der Waals surface area contributed by atoms with Crippen LogP contribution in [0.5, 0.6) is 0 Å². The first kappa shape index (κ1) is 17.6. The predicted molar refractivity (Wildman–Crippen MR) is 92.9 cm³/mol. The Balaban J connectivity index is 1.72. The van der Waals surface area contributed by atoms with Crippen LogP contribution in [-0.4, -0.2) is 37.0 Å². The van der Waals surface area contributed by atoms with Crippen LogP contribution in [0.4, 0.5) is 0 Å². The molecule has 0 saturated heterocycles. The second-order valence-corrected chi connectivity index (χ2v) is 6.77. The highest BCUT2D eigenvalue weighted by atomic mass is 35.5. The van der Waals surface area contributed by atoms with E-state index in [0.717, 1.165) is 13.0 Å². The zero-order chi connectivity index (χ0) is 15.9. The molecule has 0 aliphatic heterocycles. The van der Waals surface area contributed by atoms with Crippen molar-refractivity contribution in [3.63, 3.8) is 0 Å². The fraction of sp³-hybridized carbons (Fsp3) is 0.588. The standard InChI is InChI=1S/C17H24Cl2N2O/c1-21(13-7-3-2-4-8-13)12-6-11-20-17(22)14-9-5-10-15(18)16(14)19/h5,9-10,13H,2-4,6-8,11-12H2,1H3,(H,20,22). The van der Waals surface area contributed by atoms with Crippen molar-refractivity contribution in [3.8, 4) is 0 Å². The zero-order valence-corrected chi connectivity index (χ0v) is 14.6. The van der Waals surface area contributed by atoms with Gasteiger partial charge in [0.05, 0.1) is 15.6 Å². The molecule has 0 radical (unpaired) electrons. The number of nitrogens with zero attached hydrogens (tertiary/aromatic N) is 1. The molecule has 0 unspecified atom stereocenters. The van der Waals surface area contributed by atoms with Gasteiger partial charge < -0.3 is 10.2 Å². The van der Waals surface area contributed by atoms with Gasteiger partial charge in [-0.25, -0.2) is 0 Å². The maximum Gasteiger partial charge on any atom is 0.252 e. The number of benzene rings is 1. The van der Waals surface area contributed by atoms with Crippen molar-refractivity contribution in [2.24, 2.45) is 0 Å². The molecule has 1 N–H and O–H groups in total. The number of nitrogens with one attached hydrogen (secondary N) is 1. The summed E-state index contributed by atoms with van der Waals surface area (Å²) in [6.45, 7) is 1.66. The second kappa shape index (κ2) is 8.76. The smallest absolute Gasteiger partial charge is 0.252 e. The van der Waals surface area contributed by atoms with Crippen molar-refractivity contribution in [2.45, 2.75) is 44.6 Å². The topological polar surface area (TPSA) is 32.3 Å². The molecule has 2 rings (SSSR count). The van der Waals surface area contributed by atoms with Crippen LogP contribution >= 0.6 is 23.2 Å². The number of rotatable bonds is 6. The van der Waals surface area contributed by atoms with Crippen LogP contribution in [0.15, 0.2) is 18.2 Å². The number of hydrogen-bond acceptors (Lipinski definition) is 2. The number of carbonyl (C=O) groups excluding carboxylic acids is 1. The summed E-state index contributed by atoms with van der Waals surface area (Å²) >= 11 is 12.0. The van der Waals surface area contributed by atoms with Gasteiger partial charge in [0.2, 0.25) is 0 Å². The van der Waals surface area contributed by atoms with E-state index in [1.807, 2.05) is 0 Å². The van der Waals surface area contributed by atoms with Crippen LogP contribution in [-0.2, 0) is 0 Å². The van der Waals surface area contributed by atoms with Crippen LogP contribution in [0, 0.1) is 0 Å². The SMILES string of the molecule is CN(CCCNC(=O)c1cccc(Cl)c1Cl)C1CCCCC1. The lowest BCUT2D eigenvalue weighted by Gasteiger charge is -2.31. The molecule has 1 amide bonds. The minimum atomic E-state index is -0.159. The van der Waals surface area contributed by atoms with Gasteiger partial charge in [-0.1, -0.05) is 48.5 Å². The Morgan fingerprint density at radius 2 is 2.00 bits per heavy atom. The Bertz CT molecular complexity index is 501. The average molecular weight is 343 g/mol. The van der Waals surface area contributed by atoms with Gasteiger partial charge in [-0.2, -0.15) is 0 Å². The van der Waals surface area contributed by atoms with Crippen molar-refractivity contribution in [3.05, 3.63) is 33.8 Å². The lowest BCUT2D eigenvalue weighted by Crippen LogP contribution is -2.35. The van der Waals surface area contributed by atoms with Crippen LogP contribution in [0.1, 0.15) is 48.9 Å². The first-order chi connectivity index (χ1) is 10.6. The Kier molecular flexibility index (Phi) is 7.00. The summed E-state index contributed by atoms with van der Waals surface area (Å²) in [5.74, 6) is -0.159. The monoisotopic (exact) mass is 342 g/mol. The summed E-state index contributed by atoms with van der Waals surface area (Å²) in [5.41, 5.74) is 0.440. The number of amides is 1. The Morgan fingerprint density at radius 3 is 2.73 bits per heavy atom. The lowest BCUT2D eigenvalue weighted by molar-refractivity contribution is 0.0950. The first-order valence-electron chi connectivity index (χ1n) is 8.02. The molecule has 0 heterocycles. The molecule has 5 heteroatoms. The molecule has 0 spiro atoms. The third-order valence-electron chi connectivity index (χ3n) is 4.37. The quantitative estimate of drug-likeness (QED) is 0.778. The molecule has 3 nitrogen and oxygen atoms in total. The summed E-state index contributed by atoms with van der Waals surface area (Å²) in [5, 5.41) is 3.65. The minimum Gasteiger partial charge on any atom is -0.352 e. The van der Waals surface area contributed by atoms with E-state index in [1.165, 1.54) is 32.1 Å². The van der Waals surface area contributed by atoms with Gasteiger partial charge in [0.1, 0.15) is 0 Å². The lowest BCUT2D eigenvalue weighted by atomic mass is 9.94. The van der Waals surface area contributed by atoms with Crippen LogP contribution < -0.4 is 5.32 Å². The third-order valence-corrected chi connectivity index (χ3v) is 5.19. The molecule has 1 fully saturated rings. The van der Waals surface area contributed by atoms with Gasteiger partial charge in [0, 0.05) is 12.6 Å². The van der Waals surface area contributed by atoms with Gasteiger partial charge in [0.25, 0.3) is 5.91 Å². The largest absolute Gasteiger partial charge is 0.352 e. The minimum absolute atomic E-state index is 0.159. The number of carbonyl (C=O) groups is 1. The van der Waals surface area contributed by atoms with Gasteiger partial charge in [0.15, 0.2) is 0 Å². The summed E-state index contributed by atoms with van der Waals surface area (Å²) < 4.78 is 0. The highest BCUT2D eigenvalue weighted by molar-refractivity contribution is 6.43. The summed E-state index contributed by atoms with van der Waals surface area (Å²) in [6, 6.07) is 5.82. The Morgan fingerprint density at radius 1 is 1.27 bits per heavy atom. The molecule has 122 valence electrons. The molecule has 1 saturated carbocycles. The van der Waals surface area contributed by atoms with E-state index in [4.69, 9.17) is 23.2 Å². The van der Waals surface area contributed by atoms with E-state index in [-0.39, 0.29) is 5.91 Å². The van der Waals surface area contributed by atoms with Gasteiger partial charge >= 0.3 is 0 Å². The third kappa shape index (κ3) is 4.87. The van der Waals surface area contributed by atoms with Crippen molar-refractivity contribution in [1.82, 2.24) is 10.2 Å². The first-order valence-corrected chi connectivity index (χ1v) is 8.77. The fourth-order valence-electron chi connectivity index (χ4n) is 3.01. The number of hydrogen-bond donors (Lipinski definition) is 1. The van der Waals surface area contributed by atoms with Gasteiger partial charge in [-0.15, -0.1) is 0 Å². The molecule has 1 aliphatic carbocycles. The molecular weight excluding hydrogens is 319 g/mol. The summed E-state index contributed by atoms with van der Waals surface area (Å²) in [4.78, 5) is 14.5. The zero-order valence-electron chi connectivity index (χ0n) is 13.1. The van der Waals surface area contributed by atoms with Crippen molar-refractivity contribution >= 4 is 29.1 Å². The second-order valence-electron chi connectivity index (χ2n) is 5.98. The van der Waals surface area contributed by atoms with E-state index in [2.05, 4.69) is 17.3 Å². The van der Waals surface area contributed by atoms with Gasteiger partial charge in [-0.3, -0.25) is 4.79 Å². The molecule has 22 heavy (non-hydrogen) atoms. The number of halogens is 2. The van der Waals surface area contributed by atoms with E-state index >= 15 is 0 Å². The van der Waals surface area contributed by atoms with E-state index < -0.39 is 0 Å². The fourth-order valence-corrected chi connectivity index (χ4v) is 3.40. The maximum atomic E-state index is 12.1. The molecule has 1 aliphatic rings. The predicted octanol–water partition coefficient (Wildman–Crippen LogP) is 4.38. The van der Waals surface area contributed by atoms with Crippen LogP contribution in [0.3, 0.4) is 0 Å². The Labute approximate surface area is 143 Å². The van der Waals surface area contributed by atoms with Crippen LogP contribution in [0.25, 0.3) is 0 Å². The molecule has 0 bridgehead atoms. The van der Waals surface area contributed by atoms with Crippen molar-refractivity contribution < 1.29 is 4.79 Å². The molecule has 0 atom stereocenters. The van der Waals surface area contributed by atoms with E-state index in [1.54, 1.807) is 18.2 Å². The highest BCUT2D eigenvalue weighted by Crippen LogP contribution is 2.25. The van der Waals surface area contributed by atoms with E-state index in [9.17, 15) is 4.79 Å². The summed E-state index contributed by atoms with van der Waals surface area (Å²) in [6.07, 6.45) is 7.62. The van der Waals surface area contributed by atoms with Crippen molar-refractivity contribution in [1.29, 1.82) is 0 Å². The summed E-state index contributed by atoms with van der Waals surface area (Å²) in [7, 11) is 2.19.